The molecule has 2 unspecified atom stereocenters. The maximum Gasteiger partial charge on any atom is 0.123 e. The molecule has 0 radical (unpaired) electrons. The molecule has 0 saturated heterocycles. The van der Waals surface area contributed by atoms with Crippen LogP contribution in [-0.4, -0.2) is 5.11 Å². The predicted octanol–water partition coefficient (Wildman–Crippen LogP) is 7.98. The minimum Gasteiger partial charge on any atom is -0.507 e. The van der Waals surface area contributed by atoms with Gasteiger partial charge < -0.3 is 5.11 Å². The van der Waals surface area contributed by atoms with Gasteiger partial charge >= 0.3 is 0 Å². The lowest BCUT2D eigenvalue weighted by molar-refractivity contribution is 0.426. The molecule has 1 aliphatic carbocycles. The number of phenols is 1. The van der Waals surface area contributed by atoms with Crippen molar-refractivity contribution in [1.29, 1.82) is 0 Å². The van der Waals surface area contributed by atoms with Gasteiger partial charge in [-0.2, -0.15) is 0 Å². The summed E-state index contributed by atoms with van der Waals surface area (Å²) in [5.74, 6) is 1.11. The van der Waals surface area contributed by atoms with E-state index in [1.807, 2.05) is 0 Å². The van der Waals surface area contributed by atoms with Crippen LogP contribution in [0.4, 0.5) is 0 Å². The zero-order valence-corrected chi connectivity index (χ0v) is 20.1. The van der Waals surface area contributed by atoms with Gasteiger partial charge in [0.05, 0.1) is 0 Å². The van der Waals surface area contributed by atoms with Crippen LogP contribution >= 0.6 is 0 Å². The summed E-state index contributed by atoms with van der Waals surface area (Å²) in [4.78, 5) is 0. The molecule has 3 aromatic rings. The fourth-order valence-electron chi connectivity index (χ4n) is 5.14. The molecule has 162 valence electrons. The second-order valence-corrected chi connectivity index (χ2v) is 11.4. The molecule has 0 aliphatic heterocycles. The van der Waals surface area contributed by atoms with Crippen molar-refractivity contribution in [1.82, 2.24) is 0 Å². The van der Waals surface area contributed by atoms with E-state index < -0.39 is 0 Å². The van der Waals surface area contributed by atoms with Crippen LogP contribution in [0.25, 0.3) is 11.1 Å². The van der Waals surface area contributed by atoms with Crippen molar-refractivity contribution in [3.8, 4) is 16.9 Å². The molecular formula is C30H36O. The minimum atomic E-state index is -0.121. The summed E-state index contributed by atoms with van der Waals surface area (Å²) in [6, 6.07) is 21.9. The van der Waals surface area contributed by atoms with E-state index in [9.17, 15) is 5.11 Å². The van der Waals surface area contributed by atoms with Crippen molar-refractivity contribution in [2.45, 2.75) is 71.6 Å². The number of hydrogen-bond acceptors (Lipinski definition) is 1. The van der Waals surface area contributed by atoms with Crippen LogP contribution in [0.5, 0.6) is 5.75 Å². The van der Waals surface area contributed by atoms with Crippen molar-refractivity contribution in [2.75, 3.05) is 0 Å². The lowest BCUT2D eigenvalue weighted by Crippen LogP contribution is -2.19. The molecular weight excluding hydrogens is 376 g/mol. The monoisotopic (exact) mass is 412 g/mol. The van der Waals surface area contributed by atoms with Crippen molar-refractivity contribution >= 4 is 0 Å². The van der Waals surface area contributed by atoms with Crippen LogP contribution < -0.4 is 0 Å². The fraction of sp³-hybridized carbons (Fsp3) is 0.400. The van der Waals surface area contributed by atoms with Gasteiger partial charge in [-0.05, 0) is 56.5 Å². The Morgan fingerprint density at radius 2 is 1.48 bits per heavy atom. The smallest absolute Gasteiger partial charge is 0.123 e. The van der Waals surface area contributed by atoms with Gasteiger partial charge in [-0.3, -0.25) is 0 Å². The topological polar surface area (TPSA) is 20.2 Å². The third-order valence-corrected chi connectivity index (χ3v) is 6.85. The number of fused-ring (bicyclic) bond motifs is 1. The molecule has 0 saturated carbocycles. The summed E-state index contributed by atoms with van der Waals surface area (Å²) in [6.07, 6.45) is 1.05. The zero-order valence-electron chi connectivity index (χ0n) is 20.1. The average Bonchev–Trinajstić information content (AvgIpc) is 3.02. The van der Waals surface area contributed by atoms with E-state index in [2.05, 4.69) is 109 Å². The first-order chi connectivity index (χ1) is 14.5. The Hall–Kier alpha value is -2.54. The molecule has 1 nitrogen and oxygen atoms in total. The van der Waals surface area contributed by atoms with E-state index in [-0.39, 0.29) is 16.7 Å². The molecule has 3 aromatic carbocycles. The van der Waals surface area contributed by atoms with Gasteiger partial charge in [-0.15, -0.1) is 0 Å². The molecule has 1 heteroatoms. The van der Waals surface area contributed by atoms with Gasteiger partial charge in [0.1, 0.15) is 5.75 Å². The predicted molar refractivity (Wildman–Crippen MR) is 132 cm³/mol. The third-order valence-electron chi connectivity index (χ3n) is 6.85. The Kier molecular flexibility index (Phi) is 5.28. The zero-order chi connectivity index (χ0) is 22.6. The van der Waals surface area contributed by atoms with Crippen LogP contribution in [0.1, 0.15) is 82.2 Å². The molecule has 0 heterocycles. The lowest BCUT2D eigenvalue weighted by Gasteiger charge is -2.30. The lowest BCUT2D eigenvalue weighted by atomic mass is 9.75. The number of phenolic OH excluding ortho intramolecular Hbond substituents is 1. The molecule has 2 atom stereocenters. The summed E-state index contributed by atoms with van der Waals surface area (Å²) in [5, 5.41) is 11.6. The Morgan fingerprint density at radius 1 is 0.806 bits per heavy atom. The summed E-state index contributed by atoms with van der Waals surface area (Å²) < 4.78 is 0. The Morgan fingerprint density at radius 3 is 2.10 bits per heavy atom. The van der Waals surface area contributed by atoms with E-state index in [4.69, 9.17) is 0 Å². The molecule has 4 rings (SSSR count). The number of benzene rings is 3. The third kappa shape index (κ3) is 3.91. The summed E-state index contributed by atoms with van der Waals surface area (Å²) in [5.41, 5.74) is 8.68. The molecule has 0 aromatic heterocycles. The molecule has 31 heavy (non-hydrogen) atoms. The molecule has 0 amide bonds. The van der Waals surface area contributed by atoms with Gasteiger partial charge in [-0.1, -0.05) is 109 Å². The van der Waals surface area contributed by atoms with Crippen molar-refractivity contribution in [3.63, 3.8) is 0 Å². The average molecular weight is 413 g/mol. The maximum absolute atomic E-state index is 11.6. The highest BCUT2D eigenvalue weighted by Crippen LogP contribution is 2.51. The minimum absolute atomic E-state index is 0.0199. The van der Waals surface area contributed by atoms with Gasteiger partial charge in [0.25, 0.3) is 0 Å². The van der Waals surface area contributed by atoms with E-state index in [1.165, 1.54) is 27.8 Å². The maximum atomic E-state index is 11.6. The summed E-state index contributed by atoms with van der Waals surface area (Å²) in [6.45, 7) is 15.7. The van der Waals surface area contributed by atoms with Gasteiger partial charge in [0.15, 0.2) is 0 Å². The summed E-state index contributed by atoms with van der Waals surface area (Å²) in [7, 11) is 0. The number of aromatic hydroxyl groups is 1. The Balaban J connectivity index is 1.99. The first kappa shape index (κ1) is 21.7. The second-order valence-electron chi connectivity index (χ2n) is 11.4. The van der Waals surface area contributed by atoms with E-state index in [0.29, 0.717) is 11.7 Å². The SMILES string of the molecule is CC1Cc2cccc(-c3ccccc3)c2C1c1cc(C(C)(C)C)cc(C(C)(C)C)c1O. The van der Waals surface area contributed by atoms with Gasteiger partial charge in [-0.25, -0.2) is 0 Å². The van der Waals surface area contributed by atoms with Crippen LogP contribution in [0.15, 0.2) is 60.7 Å². The van der Waals surface area contributed by atoms with Gasteiger partial charge in [0.2, 0.25) is 0 Å². The van der Waals surface area contributed by atoms with E-state index in [1.54, 1.807) is 0 Å². The first-order valence-corrected chi connectivity index (χ1v) is 11.5. The Bertz CT molecular complexity index is 1090. The van der Waals surface area contributed by atoms with Crippen LogP contribution in [0, 0.1) is 5.92 Å². The van der Waals surface area contributed by atoms with Crippen LogP contribution in [0.3, 0.4) is 0 Å². The molecule has 0 fully saturated rings. The van der Waals surface area contributed by atoms with Crippen molar-refractivity contribution < 1.29 is 5.11 Å². The largest absolute Gasteiger partial charge is 0.507 e. The van der Waals surface area contributed by atoms with Crippen molar-refractivity contribution in [3.05, 3.63) is 88.5 Å². The van der Waals surface area contributed by atoms with E-state index >= 15 is 0 Å². The molecule has 1 aliphatic rings. The second kappa shape index (κ2) is 7.55. The van der Waals surface area contributed by atoms with Crippen molar-refractivity contribution in [2.24, 2.45) is 5.92 Å². The van der Waals surface area contributed by atoms with Crippen LogP contribution in [-0.2, 0) is 17.3 Å². The molecule has 1 N–H and O–H groups in total. The van der Waals surface area contributed by atoms with Gasteiger partial charge in [0, 0.05) is 11.5 Å². The first-order valence-electron chi connectivity index (χ1n) is 11.5. The Labute approximate surface area is 188 Å². The normalized spacial score (nSPS) is 18.8. The molecule has 0 spiro atoms. The van der Waals surface area contributed by atoms with E-state index in [0.717, 1.165) is 17.5 Å². The quantitative estimate of drug-likeness (QED) is 0.452. The number of hydrogen-bond donors (Lipinski definition) is 1. The fourth-order valence-corrected chi connectivity index (χ4v) is 5.14. The standard InChI is InChI=1S/C30H36O/c1-19-16-21-14-11-15-23(20-12-9-8-10-13-20)27(21)26(19)24-17-22(29(2,3)4)18-25(28(24)31)30(5,6)7/h8-15,17-19,26,31H,16H2,1-7H3. The summed E-state index contributed by atoms with van der Waals surface area (Å²) >= 11 is 0. The van der Waals surface area contributed by atoms with Crippen LogP contribution in [0.2, 0.25) is 0 Å². The highest BCUT2D eigenvalue weighted by atomic mass is 16.3. The highest BCUT2D eigenvalue weighted by molar-refractivity contribution is 5.72. The highest BCUT2D eigenvalue weighted by Gasteiger charge is 2.37. The number of rotatable bonds is 2. The molecule has 0 bridgehead atoms.